The van der Waals surface area contributed by atoms with Gasteiger partial charge in [-0.2, -0.15) is 13.2 Å². The average Bonchev–Trinajstić information content (AvgIpc) is 3.04. The van der Waals surface area contributed by atoms with Crippen molar-refractivity contribution in [3.63, 3.8) is 0 Å². The van der Waals surface area contributed by atoms with Gasteiger partial charge in [-0.15, -0.1) is 0 Å². The standard InChI is InChI=1S/C24H22Cl2F3NO3/c1-12-6-14(24(27,28)29)9-20-17(12)10-15(30(20)2)11-18-19(25)4-5-21(22(18)26)33-16-7-13(8-16)23(31)32-3/h4-6,9-10,13,16H,7-8,11H2,1-3H3/t13-,16-. The Morgan fingerprint density at radius 3 is 2.52 bits per heavy atom. The molecule has 0 bridgehead atoms. The highest BCUT2D eigenvalue weighted by Gasteiger charge is 2.37. The maximum Gasteiger partial charge on any atom is 0.416 e. The predicted molar refractivity (Wildman–Crippen MR) is 121 cm³/mol. The zero-order valence-corrected chi connectivity index (χ0v) is 19.7. The molecule has 1 heterocycles. The molecule has 9 heteroatoms. The smallest absolute Gasteiger partial charge is 0.416 e. The number of fused-ring (bicyclic) bond motifs is 1. The molecule has 1 saturated carbocycles. The third kappa shape index (κ3) is 4.53. The quantitative estimate of drug-likeness (QED) is 0.365. The fraction of sp³-hybridized carbons (Fsp3) is 0.375. The van der Waals surface area contributed by atoms with Crippen LogP contribution in [0.5, 0.6) is 5.75 Å². The number of hydrogen-bond acceptors (Lipinski definition) is 3. The van der Waals surface area contributed by atoms with Crippen molar-refractivity contribution < 1.29 is 27.4 Å². The summed E-state index contributed by atoms with van der Waals surface area (Å²) in [6.07, 6.45) is -3.16. The van der Waals surface area contributed by atoms with Crippen LogP contribution in [-0.4, -0.2) is 23.8 Å². The van der Waals surface area contributed by atoms with E-state index in [0.29, 0.717) is 51.7 Å². The fourth-order valence-electron chi connectivity index (χ4n) is 4.21. The normalized spacial score (nSPS) is 18.3. The van der Waals surface area contributed by atoms with Crippen LogP contribution in [0, 0.1) is 12.8 Å². The Morgan fingerprint density at radius 1 is 1.18 bits per heavy atom. The van der Waals surface area contributed by atoms with Crippen LogP contribution in [0.2, 0.25) is 10.0 Å². The SMILES string of the molecule is COC(=O)[C@H]1C[C@H](Oc2ccc(Cl)c(Cc3cc4c(C)cc(C(F)(F)F)cc4n3C)c2Cl)C1. The molecule has 0 aliphatic heterocycles. The van der Waals surface area contributed by atoms with Gasteiger partial charge in [0.2, 0.25) is 0 Å². The van der Waals surface area contributed by atoms with Gasteiger partial charge in [0.1, 0.15) is 11.9 Å². The van der Waals surface area contributed by atoms with Crippen LogP contribution in [0.4, 0.5) is 13.2 Å². The van der Waals surface area contributed by atoms with E-state index in [2.05, 4.69) is 0 Å². The minimum Gasteiger partial charge on any atom is -0.489 e. The predicted octanol–water partition coefficient (Wildman–Crippen LogP) is 6.73. The first kappa shape index (κ1) is 23.8. The van der Waals surface area contributed by atoms with Crippen molar-refractivity contribution in [1.82, 2.24) is 4.57 Å². The lowest BCUT2D eigenvalue weighted by Crippen LogP contribution is -2.38. The summed E-state index contributed by atoms with van der Waals surface area (Å²) in [5.74, 6) is 0.0300. The van der Waals surface area contributed by atoms with Crippen LogP contribution in [0.25, 0.3) is 10.9 Å². The molecule has 0 N–H and O–H groups in total. The third-order valence-corrected chi connectivity index (χ3v) is 7.00. The number of halogens is 5. The number of ether oxygens (including phenoxy) is 2. The zero-order valence-electron chi connectivity index (χ0n) is 18.2. The summed E-state index contributed by atoms with van der Waals surface area (Å²) in [4.78, 5) is 11.6. The van der Waals surface area contributed by atoms with E-state index in [9.17, 15) is 18.0 Å². The number of carbonyl (C=O) groups is 1. The third-order valence-electron chi connectivity index (χ3n) is 6.23. The molecular weight excluding hydrogens is 478 g/mol. The molecular formula is C24H22Cl2F3NO3. The van der Waals surface area contributed by atoms with E-state index < -0.39 is 11.7 Å². The van der Waals surface area contributed by atoms with Gasteiger partial charge < -0.3 is 14.0 Å². The molecule has 0 spiro atoms. The molecule has 2 aromatic carbocycles. The van der Waals surface area contributed by atoms with E-state index in [1.807, 2.05) is 6.07 Å². The molecule has 4 nitrogen and oxygen atoms in total. The van der Waals surface area contributed by atoms with Gasteiger partial charge in [0.05, 0.1) is 23.6 Å². The highest BCUT2D eigenvalue weighted by molar-refractivity contribution is 6.37. The molecule has 1 aliphatic carbocycles. The van der Waals surface area contributed by atoms with Crippen molar-refractivity contribution in [2.24, 2.45) is 13.0 Å². The first-order valence-electron chi connectivity index (χ1n) is 10.4. The largest absolute Gasteiger partial charge is 0.489 e. The van der Waals surface area contributed by atoms with Crippen LogP contribution in [0.15, 0.2) is 30.3 Å². The number of benzene rings is 2. The molecule has 1 aromatic heterocycles. The number of rotatable bonds is 5. The molecule has 0 saturated heterocycles. The number of nitrogens with zero attached hydrogens (tertiary/aromatic N) is 1. The molecule has 0 atom stereocenters. The summed E-state index contributed by atoms with van der Waals surface area (Å²) in [6, 6.07) is 7.53. The molecule has 1 aliphatic rings. The summed E-state index contributed by atoms with van der Waals surface area (Å²) >= 11 is 13.1. The van der Waals surface area contributed by atoms with E-state index in [1.54, 1.807) is 30.7 Å². The van der Waals surface area contributed by atoms with E-state index in [1.165, 1.54) is 7.11 Å². The molecule has 1 fully saturated rings. The van der Waals surface area contributed by atoms with Crippen molar-refractivity contribution in [2.45, 2.75) is 38.5 Å². The molecule has 3 aromatic rings. The van der Waals surface area contributed by atoms with Crippen LogP contribution >= 0.6 is 23.2 Å². The zero-order chi connectivity index (χ0) is 24.1. The maximum absolute atomic E-state index is 13.3. The lowest BCUT2D eigenvalue weighted by atomic mass is 9.82. The van der Waals surface area contributed by atoms with Gasteiger partial charge in [-0.3, -0.25) is 4.79 Å². The number of alkyl halides is 3. The number of carbonyl (C=O) groups excluding carboxylic acids is 1. The van der Waals surface area contributed by atoms with Gasteiger partial charge in [0.25, 0.3) is 0 Å². The minimum absolute atomic E-state index is 0.151. The lowest BCUT2D eigenvalue weighted by Gasteiger charge is -2.33. The highest BCUT2D eigenvalue weighted by atomic mass is 35.5. The Hall–Kier alpha value is -2.38. The van der Waals surface area contributed by atoms with Crippen LogP contribution in [0.1, 0.15) is 35.2 Å². The van der Waals surface area contributed by atoms with Crippen molar-refractivity contribution in [3.8, 4) is 5.75 Å². The van der Waals surface area contributed by atoms with Gasteiger partial charge in [0.15, 0.2) is 0 Å². The number of aromatic nitrogens is 1. The van der Waals surface area contributed by atoms with Gasteiger partial charge in [-0.1, -0.05) is 23.2 Å². The number of methoxy groups -OCH3 is 1. The summed E-state index contributed by atoms with van der Waals surface area (Å²) < 4.78 is 52.3. The molecule has 0 radical (unpaired) electrons. The topological polar surface area (TPSA) is 40.5 Å². The van der Waals surface area contributed by atoms with Crippen molar-refractivity contribution >= 4 is 40.1 Å². The van der Waals surface area contributed by atoms with Crippen molar-refractivity contribution in [1.29, 1.82) is 0 Å². The Balaban J connectivity index is 1.62. The second kappa shape index (κ2) is 8.76. The minimum atomic E-state index is -4.42. The Kier molecular flexibility index (Phi) is 6.31. The molecule has 33 heavy (non-hydrogen) atoms. The average molecular weight is 500 g/mol. The van der Waals surface area contributed by atoms with Gasteiger partial charge in [0, 0.05) is 35.1 Å². The summed E-state index contributed by atoms with van der Waals surface area (Å²) in [6.45, 7) is 1.66. The summed E-state index contributed by atoms with van der Waals surface area (Å²) in [5, 5.41) is 1.52. The second-order valence-electron chi connectivity index (χ2n) is 8.36. The number of esters is 1. The van der Waals surface area contributed by atoms with Gasteiger partial charge in [-0.25, -0.2) is 0 Å². The van der Waals surface area contributed by atoms with E-state index in [0.717, 1.165) is 23.2 Å². The van der Waals surface area contributed by atoms with E-state index in [4.69, 9.17) is 32.7 Å². The molecule has 176 valence electrons. The van der Waals surface area contributed by atoms with Gasteiger partial charge >= 0.3 is 12.1 Å². The van der Waals surface area contributed by atoms with Crippen molar-refractivity contribution in [3.05, 3.63) is 62.8 Å². The highest BCUT2D eigenvalue weighted by Crippen LogP contribution is 2.40. The Bertz CT molecular complexity index is 1230. The summed E-state index contributed by atoms with van der Waals surface area (Å²) in [7, 11) is 3.08. The van der Waals surface area contributed by atoms with Crippen LogP contribution in [0.3, 0.4) is 0 Å². The molecule has 4 rings (SSSR count). The monoisotopic (exact) mass is 499 g/mol. The lowest BCUT2D eigenvalue weighted by molar-refractivity contribution is -0.151. The van der Waals surface area contributed by atoms with E-state index >= 15 is 0 Å². The Morgan fingerprint density at radius 2 is 1.88 bits per heavy atom. The Labute approximate surface area is 199 Å². The van der Waals surface area contributed by atoms with Gasteiger partial charge in [-0.05, 0) is 61.2 Å². The number of aryl methyl sites for hydroxylation is 2. The first-order valence-corrected chi connectivity index (χ1v) is 11.1. The molecule has 0 amide bonds. The number of hydrogen-bond donors (Lipinski definition) is 0. The van der Waals surface area contributed by atoms with Crippen LogP contribution < -0.4 is 4.74 Å². The summed E-state index contributed by atoms with van der Waals surface area (Å²) in [5.41, 5.74) is 1.74. The van der Waals surface area contributed by atoms with E-state index in [-0.39, 0.29) is 18.0 Å². The molecule has 0 unspecified atom stereocenters. The van der Waals surface area contributed by atoms with Crippen molar-refractivity contribution in [2.75, 3.05) is 7.11 Å². The fourth-order valence-corrected chi connectivity index (χ4v) is 4.76. The van der Waals surface area contributed by atoms with Crippen LogP contribution in [-0.2, 0) is 29.2 Å². The maximum atomic E-state index is 13.3. The second-order valence-corrected chi connectivity index (χ2v) is 9.15. The first-order chi connectivity index (χ1) is 15.5.